The summed E-state index contributed by atoms with van der Waals surface area (Å²) in [6, 6.07) is 3.41. The van der Waals surface area contributed by atoms with Gasteiger partial charge in [0.05, 0.1) is 18.6 Å². The second kappa shape index (κ2) is 11.7. The molecule has 0 heterocycles. The summed E-state index contributed by atoms with van der Waals surface area (Å²) in [5.74, 6) is 0. The molecule has 1 aliphatic carbocycles. The monoisotopic (exact) mass is 273 g/mol. The molecule has 1 saturated carbocycles. The van der Waals surface area contributed by atoms with E-state index in [0.717, 1.165) is 32.6 Å². The molecule has 0 N–H and O–H groups in total. The van der Waals surface area contributed by atoms with Crippen LogP contribution in [0.5, 0.6) is 0 Å². The van der Waals surface area contributed by atoms with Gasteiger partial charge in [-0.15, -0.1) is 12.4 Å². The smallest absolute Gasteiger partial charge is 0.0895 e. The zero-order chi connectivity index (χ0) is 12.3. The highest BCUT2D eigenvalue weighted by Gasteiger charge is 2.10. The van der Waals surface area contributed by atoms with Crippen molar-refractivity contribution in [2.45, 2.75) is 58.4 Å². The Morgan fingerprint density at radius 1 is 1.11 bits per heavy atom. The first kappa shape index (κ1) is 17.6. The molecular formula is C14H28ClN3. The molecule has 0 aromatic rings. The van der Waals surface area contributed by atoms with Crippen LogP contribution in [0.1, 0.15) is 52.4 Å². The predicted molar refractivity (Wildman–Crippen MR) is 81.3 cm³/mol. The third-order valence-electron chi connectivity index (χ3n) is 3.52. The van der Waals surface area contributed by atoms with Crippen LogP contribution in [-0.2, 0) is 0 Å². The second-order valence-corrected chi connectivity index (χ2v) is 4.78. The van der Waals surface area contributed by atoms with Gasteiger partial charge in [-0.1, -0.05) is 33.1 Å². The summed E-state index contributed by atoms with van der Waals surface area (Å²) in [7, 11) is 0. The van der Waals surface area contributed by atoms with Gasteiger partial charge in [0.2, 0.25) is 0 Å². The van der Waals surface area contributed by atoms with Crippen molar-refractivity contribution in [1.29, 1.82) is 0 Å². The molecule has 0 saturated heterocycles. The fraction of sp³-hybridized carbons (Fsp3) is 0.929. The molecule has 0 radical (unpaired) electrons. The van der Waals surface area contributed by atoms with Crippen molar-refractivity contribution < 1.29 is 0 Å². The van der Waals surface area contributed by atoms with Crippen molar-refractivity contribution >= 4 is 18.4 Å². The maximum Gasteiger partial charge on any atom is 0.0895 e. The lowest BCUT2D eigenvalue weighted by Crippen LogP contribution is -2.24. The molecule has 0 atom stereocenters. The number of halogens is 1. The normalized spacial score (nSPS) is 15.9. The maximum absolute atomic E-state index is 4.41. The van der Waals surface area contributed by atoms with Gasteiger partial charge in [-0.05, 0) is 38.9 Å². The van der Waals surface area contributed by atoms with Gasteiger partial charge in [-0.2, -0.15) is 0 Å². The summed E-state index contributed by atoms with van der Waals surface area (Å²) in [5.41, 5.74) is 0. The van der Waals surface area contributed by atoms with Gasteiger partial charge in [0.25, 0.3) is 0 Å². The minimum Gasteiger partial charge on any atom is -0.304 e. The van der Waals surface area contributed by atoms with Crippen molar-refractivity contribution in [2.75, 3.05) is 26.2 Å². The third-order valence-corrected chi connectivity index (χ3v) is 3.52. The molecule has 1 rings (SSSR count). The highest BCUT2D eigenvalue weighted by Crippen LogP contribution is 2.19. The van der Waals surface area contributed by atoms with Crippen LogP contribution in [-0.4, -0.2) is 43.1 Å². The number of hydrogen-bond donors (Lipinski definition) is 0. The molecule has 0 aromatic heterocycles. The van der Waals surface area contributed by atoms with Gasteiger partial charge < -0.3 is 4.90 Å². The molecule has 1 aliphatic rings. The molecule has 18 heavy (non-hydrogen) atoms. The van der Waals surface area contributed by atoms with E-state index in [1.54, 1.807) is 0 Å². The molecule has 4 heteroatoms. The summed E-state index contributed by atoms with van der Waals surface area (Å²) in [6.07, 6.45) is 7.64. The molecule has 0 bridgehead atoms. The zero-order valence-corrected chi connectivity index (χ0v) is 12.7. The van der Waals surface area contributed by atoms with E-state index in [1.165, 1.54) is 32.1 Å². The lowest BCUT2D eigenvalue weighted by molar-refractivity contribution is 0.302. The highest BCUT2D eigenvalue weighted by molar-refractivity contribution is 5.85. The summed E-state index contributed by atoms with van der Waals surface area (Å²) in [6.45, 7) is 8.69. The first-order valence-electron chi connectivity index (χ1n) is 7.20. The molecule has 0 aromatic carbocycles. The van der Waals surface area contributed by atoms with Gasteiger partial charge >= 0.3 is 0 Å². The van der Waals surface area contributed by atoms with Crippen LogP contribution in [0.25, 0.3) is 0 Å². The first-order valence-corrected chi connectivity index (χ1v) is 7.20. The van der Waals surface area contributed by atoms with Crippen LogP contribution < -0.4 is 0 Å². The third kappa shape index (κ3) is 7.86. The lowest BCUT2D eigenvalue weighted by Gasteiger charge is -2.16. The fourth-order valence-electron chi connectivity index (χ4n) is 2.30. The van der Waals surface area contributed by atoms with E-state index in [0.29, 0.717) is 6.04 Å². The number of hydrogen-bond acceptors (Lipinski definition) is 3. The van der Waals surface area contributed by atoms with E-state index in [1.807, 2.05) is 0 Å². The van der Waals surface area contributed by atoms with Crippen molar-refractivity contribution in [3.63, 3.8) is 0 Å². The van der Waals surface area contributed by atoms with E-state index in [-0.39, 0.29) is 12.4 Å². The second-order valence-electron chi connectivity index (χ2n) is 4.78. The summed E-state index contributed by atoms with van der Waals surface area (Å²) in [4.78, 5) is 11.1. The van der Waals surface area contributed by atoms with Gasteiger partial charge in [-0.3, -0.25) is 0 Å². The van der Waals surface area contributed by atoms with Crippen LogP contribution in [0.2, 0.25) is 0 Å². The maximum atomic E-state index is 4.41. The predicted octanol–water partition coefficient (Wildman–Crippen LogP) is 3.65. The van der Waals surface area contributed by atoms with Crippen LogP contribution in [0.4, 0.5) is 0 Å². The fourth-order valence-corrected chi connectivity index (χ4v) is 2.30. The molecule has 0 spiro atoms. The molecule has 106 valence electrons. The van der Waals surface area contributed by atoms with Crippen molar-refractivity contribution in [1.82, 2.24) is 4.90 Å². The number of rotatable bonds is 7. The summed E-state index contributed by atoms with van der Waals surface area (Å²) < 4.78 is 0. The van der Waals surface area contributed by atoms with Gasteiger partial charge in [0.15, 0.2) is 0 Å². The van der Waals surface area contributed by atoms with E-state index in [4.69, 9.17) is 0 Å². The Labute approximate surface area is 118 Å². The minimum atomic E-state index is 0. The molecular weight excluding hydrogens is 246 g/mol. The quantitative estimate of drug-likeness (QED) is 0.514. The average molecular weight is 274 g/mol. The van der Waals surface area contributed by atoms with Crippen molar-refractivity contribution in [3.8, 4) is 0 Å². The van der Waals surface area contributed by atoms with Crippen LogP contribution in [0.3, 0.4) is 0 Å². The first-order chi connectivity index (χ1) is 8.36. The van der Waals surface area contributed by atoms with Gasteiger partial charge in [0, 0.05) is 0 Å². The summed E-state index contributed by atoms with van der Waals surface area (Å²) >= 11 is 0. The minimum absolute atomic E-state index is 0. The molecule has 0 aliphatic heterocycles. The van der Waals surface area contributed by atoms with Crippen LogP contribution in [0, 0.1) is 0 Å². The standard InChI is InChI=1S/C14H27N3.ClH/c1-3-17(4-2)12-8-11-15-13-16-14-9-6-5-7-10-14;/h14H,3-12H2,1-2H3;1H. The molecule has 0 amide bonds. The van der Waals surface area contributed by atoms with Gasteiger partial charge in [-0.25, -0.2) is 9.98 Å². The Bertz CT molecular complexity index is 239. The van der Waals surface area contributed by atoms with E-state index >= 15 is 0 Å². The Kier molecular flexibility index (Phi) is 11.5. The van der Waals surface area contributed by atoms with Crippen LogP contribution >= 0.6 is 12.4 Å². The Hall–Kier alpha value is -0.370. The Morgan fingerprint density at radius 2 is 1.78 bits per heavy atom. The van der Waals surface area contributed by atoms with Crippen molar-refractivity contribution in [3.05, 3.63) is 0 Å². The zero-order valence-electron chi connectivity index (χ0n) is 11.9. The van der Waals surface area contributed by atoms with E-state index in [9.17, 15) is 0 Å². The molecule has 3 nitrogen and oxygen atoms in total. The summed E-state index contributed by atoms with van der Waals surface area (Å²) in [5, 5.41) is 0. The van der Waals surface area contributed by atoms with E-state index < -0.39 is 0 Å². The largest absolute Gasteiger partial charge is 0.304 e. The van der Waals surface area contributed by atoms with Gasteiger partial charge in [0.1, 0.15) is 0 Å². The Morgan fingerprint density at radius 3 is 2.39 bits per heavy atom. The number of nitrogens with zero attached hydrogens (tertiary/aromatic N) is 3. The van der Waals surface area contributed by atoms with Crippen LogP contribution in [0.15, 0.2) is 9.98 Å². The SMILES string of the molecule is CCN(CC)CCCN=C=NC1CCCCC1.Cl. The highest BCUT2D eigenvalue weighted by atomic mass is 35.5. The van der Waals surface area contributed by atoms with E-state index in [2.05, 4.69) is 34.7 Å². The topological polar surface area (TPSA) is 28.0 Å². The van der Waals surface area contributed by atoms with Crippen molar-refractivity contribution in [2.24, 2.45) is 9.98 Å². The lowest BCUT2D eigenvalue weighted by atomic mass is 9.96. The molecule has 1 fully saturated rings. The molecule has 0 unspecified atom stereocenters. The average Bonchev–Trinajstić information content (AvgIpc) is 2.39. The Balaban J connectivity index is 0.00000289. The number of aliphatic imine (C=N–C) groups is 2.